The van der Waals surface area contributed by atoms with Gasteiger partial charge in [0.05, 0.1) is 18.2 Å². The molecule has 2 fully saturated rings. The summed E-state index contributed by atoms with van der Waals surface area (Å²) in [6.07, 6.45) is 6.05. The van der Waals surface area contributed by atoms with Gasteiger partial charge in [-0.1, -0.05) is 6.07 Å². The van der Waals surface area contributed by atoms with E-state index in [0.717, 1.165) is 55.7 Å². The van der Waals surface area contributed by atoms with Crippen molar-refractivity contribution in [2.75, 3.05) is 39.4 Å². The highest BCUT2D eigenvalue weighted by atomic mass is 16.5. The summed E-state index contributed by atoms with van der Waals surface area (Å²) in [6, 6.07) is 8.03. The number of amides is 1. The summed E-state index contributed by atoms with van der Waals surface area (Å²) in [4.78, 5) is 15.5. The van der Waals surface area contributed by atoms with Gasteiger partial charge in [-0.25, -0.2) is 0 Å². The molecule has 3 heterocycles. The summed E-state index contributed by atoms with van der Waals surface area (Å²) in [6.45, 7) is 7.99. The number of rotatable bonds is 8. The minimum Gasteiger partial charge on any atom is -0.493 e. The van der Waals surface area contributed by atoms with E-state index in [1.165, 1.54) is 19.3 Å². The number of likely N-dealkylation sites (tertiary alicyclic amines) is 1. The van der Waals surface area contributed by atoms with Gasteiger partial charge in [0.2, 0.25) is 0 Å². The zero-order chi connectivity index (χ0) is 20.1. The number of nitrogens with one attached hydrogen (secondary N) is 1. The molecule has 2 aliphatic heterocycles. The van der Waals surface area contributed by atoms with Gasteiger partial charge in [0.25, 0.3) is 5.91 Å². The molecule has 1 aromatic carbocycles. The fraction of sp³-hybridized carbons (Fsp3) is 0.609. The molecule has 29 heavy (non-hydrogen) atoms. The second-order valence-electron chi connectivity index (χ2n) is 8.06. The first-order valence-electron chi connectivity index (χ1n) is 11.1. The van der Waals surface area contributed by atoms with Crippen LogP contribution < -0.4 is 10.1 Å². The van der Waals surface area contributed by atoms with Crippen molar-refractivity contribution in [3.8, 4) is 5.75 Å². The molecule has 4 rings (SSSR count). The number of carbonyl (C=O) groups is 1. The maximum atomic E-state index is 13.1. The molecule has 1 amide bonds. The minimum absolute atomic E-state index is 0.0151. The predicted octanol–water partition coefficient (Wildman–Crippen LogP) is 3.43. The Kier molecular flexibility index (Phi) is 6.72. The van der Waals surface area contributed by atoms with Crippen LogP contribution in [0.3, 0.4) is 0 Å². The first-order valence-corrected chi connectivity index (χ1v) is 11.1. The van der Waals surface area contributed by atoms with Crippen LogP contribution in [-0.2, 0) is 11.3 Å². The largest absolute Gasteiger partial charge is 0.493 e. The van der Waals surface area contributed by atoms with E-state index in [0.29, 0.717) is 25.4 Å². The fourth-order valence-electron chi connectivity index (χ4n) is 4.50. The summed E-state index contributed by atoms with van der Waals surface area (Å²) < 4.78 is 13.9. The molecule has 0 radical (unpaired) electrons. The lowest BCUT2D eigenvalue weighted by Gasteiger charge is -2.24. The molecule has 1 N–H and O–H groups in total. The molecule has 6 heteroatoms. The summed E-state index contributed by atoms with van der Waals surface area (Å²) in [5, 5.41) is 4.13. The van der Waals surface area contributed by atoms with Gasteiger partial charge in [0.15, 0.2) is 0 Å². The number of benzene rings is 1. The average Bonchev–Trinajstić information content (AvgIpc) is 3.38. The van der Waals surface area contributed by atoms with Crippen molar-refractivity contribution >= 4 is 16.8 Å². The van der Waals surface area contributed by atoms with Gasteiger partial charge in [-0.15, -0.1) is 0 Å². The van der Waals surface area contributed by atoms with E-state index in [1.54, 1.807) is 0 Å². The molecule has 1 aromatic heterocycles. The Labute approximate surface area is 173 Å². The minimum atomic E-state index is -0.0151. The van der Waals surface area contributed by atoms with Crippen LogP contribution in [0.25, 0.3) is 10.9 Å². The quantitative estimate of drug-likeness (QED) is 0.739. The highest BCUT2D eigenvalue weighted by Gasteiger charge is 2.22. The molecule has 158 valence electrons. The van der Waals surface area contributed by atoms with E-state index in [9.17, 15) is 4.79 Å². The number of aromatic nitrogens is 1. The van der Waals surface area contributed by atoms with Crippen LogP contribution in [0.2, 0.25) is 0 Å². The van der Waals surface area contributed by atoms with E-state index in [1.807, 2.05) is 25.1 Å². The number of hydrogen-bond donors (Lipinski definition) is 1. The third kappa shape index (κ3) is 4.75. The van der Waals surface area contributed by atoms with Crippen molar-refractivity contribution < 1.29 is 14.3 Å². The number of nitrogens with zero attached hydrogens (tertiary/aromatic N) is 2. The lowest BCUT2D eigenvalue weighted by atomic mass is 10.1. The van der Waals surface area contributed by atoms with Crippen molar-refractivity contribution in [3.63, 3.8) is 0 Å². The Morgan fingerprint density at radius 2 is 2.10 bits per heavy atom. The van der Waals surface area contributed by atoms with E-state index < -0.39 is 0 Å². The van der Waals surface area contributed by atoms with Crippen molar-refractivity contribution in [1.82, 2.24) is 14.8 Å². The summed E-state index contributed by atoms with van der Waals surface area (Å²) in [5.41, 5.74) is 1.73. The zero-order valence-electron chi connectivity index (χ0n) is 17.5. The van der Waals surface area contributed by atoms with Gasteiger partial charge < -0.3 is 24.3 Å². The summed E-state index contributed by atoms with van der Waals surface area (Å²) >= 11 is 0. The first-order chi connectivity index (χ1) is 14.3. The van der Waals surface area contributed by atoms with E-state index in [-0.39, 0.29) is 12.0 Å². The molecule has 2 aromatic rings. The summed E-state index contributed by atoms with van der Waals surface area (Å²) in [5.74, 6) is 0.818. The summed E-state index contributed by atoms with van der Waals surface area (Å²) in [7, 11) is 0. The van der Waals surface area contributed by atoms with Gasteiger partial charge >= 0.3 is 0 Å². The fourth-order valence-corrected chi connectivity index (χ4v) is 4.50. The van der Waals surface area contributed by atoms with E-state index in [4.69, 9.17) is 9.47 Å². The second-order valence-corrected chi connectivity index (χ2v) is 8.06. The monoisotopic (exact) mass is 399 g/mol. The standard InChI is InChI=1S/C23H33N3O3/c1-2-28-22-10-7-9-20-19(22)16-21(26(20)17-18-8-3-6-15-29-18)23(27)24-11-14-25-12-4-5-13-25/h7,9-10,16,18H,2-6,8,11-15,17H2,1H3,(H,24,27). The molecule has 0 spiro atoms. The van der Waals surface area contributed by atoms with Crippen molar-refractivity contribution in [3.05, 3.63) is 30.0 Å². The molecule has 2 aliphatic rings. The molecular weight excluding hydrogens is 366 g/mol. The number of ether oxygens (including phenoxy) is 2. The molecule has 0 bridgehead atoms. The van der Waals surface area contributed by atoms with Crippen LogP contribution in [0.15, 0.2) is 24.3 Å². The van der Waals surface area contributed by atoms with Crippen molar-refractivity contribution in [1.29, 1.82) is 0 Å². The van der Waals surface area contributed by atoms with E-state index in [2.05, 4.69) is 20.9 Å². The normalized spacial score (nSPS) is 20.2. The molecule has 0 saturated carbocycles. The first kappa shape index (κ1) is 20.2. The molecule has 6 nitrogen and oxygen atoms in total. The Hall–Kier alpha value is -2.05. The highest BCUT2D eigenvalue weighted by Crippen LogP contribution is 2.30. The maximum Gasteiger partial charge on any atom is 0.267 e. The molecule has 1 atom stereocenters. The lowest BCUT2D eigenvalue weighted by molar-refractivity contribution is 0.00637. The Balaban J connectivity index is 1.56. The highest BCUT2D eigenvalue weighted by molar-refractivity contribution is 6.00. The maximum absolute atomic E-state index is 13.1. The van der Waals surface area contributed by atoms with Gasteiger partial charge in [0.1, 0.15) is 11.4 Å². The van der Waals surface area contributed by atoms with E-state index >= 15 is 0 Å². The lowest BCUT2D eigenvalue weighted by Crippen LogP contribution is -2.35. The van der Waals surface area contributed by atoms with Crippen LogP contribution in [0.4, 0.5) is 0 Å². The number of hydrogen-bond acceptors (Lipinski definition) is 4. The average molecular weight is 400 g/mol. The van der Waals surface area contributed by atoms with Crippen molar-refractivity contribution in [2.45, 2.75) is 51.7 Å². The smallest absolute Gasteiger partial charge is 0.267 e. The van der Waals surface area contributed by atoms with Crippen LogP contribution in [0.5, 0.6) is 5.75 Å². The SMILES string of the molecule is CCOc1cccc2c1cc(C(=O)NCCN1CCCC1)n2CC1CCCCO1. The topological polar surface area (TPSA) is 55.7 Å². The van der Waals surface area contributed by atoms with Crippen LogP contribution in [-0.4, -0.2) is 60.9 Å². The zero-order valence-corrected chi connectivity index (χ0v) is 17.5. The van der Waals surface area contributed by atoms with Crippen LogP contribution >= 0.6 is 0 Å². The van der Waals surface area contributed by atoms with Crippen LogP contribution in [0, 0.1) is 0 Å². The Bertz CT molecular complexity index is 820. The predicted molar refractivity (Wildman–Crippen MR) is 115 cm³/mol. The number of carbonyl (C=O) groups excluding carboxylic acids is 1. The Morgan fingerprint density at radius 3 is 2.86 bits per heavy atom. The number of fused-ring (bicyclic) bond motifs is 1. The van der Waals surface area contributed by atoms with Gasteiger partial charge in [-0.2, -0.15) is 0 Å². The van der Waals surface area contributed by atoms with Gasteiger partial charge in [-0.05, 0) is 70.3 Å². The third-order valence-corrected chi connectivity index (χ3v) is 6.01. The van der Waals surface area contributed by atoms with Gasteiger partial charge in [0, 0.05) is 31.6 Å². The van der Waals surface area contributed by atoms with Gasteiger partial charge in [-0.3, -0.25) is 4.79 Å². The molecule has 2 saturated heterocycles. The molecule has 1 unspecified atom stereocenters. The second kappa shape index (κ2) is 9.63. The van der Waals surface area contributed by atoms with Crippen molar-refractivity contribution in [2.24, 2.45) is 0 Å². The third-order valence-electron chi connectivity index (χ3n) is 6.01. The molecular formula is C23H33N3O3. The van der Waals surface area contributed by atoms with Crippen LogP contribution in [0.1, 0.15) is 49.5 Å². The molecule has 0 aliphatic carbocycles. The Morgan fingerprint density at radius 1 is 1.24 bits per heavy atom.